The lowest BCUT2D eigenvalue weighted by atomic mass is 9.78. The van der Waals surface area contributed by atoms with Gasteiger partial charge in [0, 0.05) is 19.4 Å². The number of carbonyl (C=O) groups excluding carboxylic acids is 1. The van der Waals surface area contributed by atoms with Gasteiger partial charge in [-0.2, -0.15) is 0 Å². The molecular weight excluding hydrogens is 493 g/mol. The number of amides is 1. The van der Waals surface area contributed by atoms with Crippen LogP contribution in [0.5, 0.6) is 0 Å². The summed E-state index contributed by atoms with van der Waals surface area (Å²) in [5, 5.41) is 11.2. The van der Waals surface area contributed by atoms with Crippen molar-refractivity contribution in [3.05, 3.63) is 78.1 Å². The number of hydrogen-bond donors (Lipinski definition) is 1. The van der Waals surface area contributed by atoms with E-state index in [1.54, 1.807) is 31.3 Å². The number of aliphatic hydroxyl groups is 1. The maximum absolute atomic E-state index is 13.5. The first-order valence-electron chi connectivity index (χ1n) is 13.7. The van der Waals surface area contributed by atoms with Crippen molar-refractivity contribution in [3.63, 3.8) is 0 Å². The molecule has 3 atom stereocenters. The predicted octanol–water partition coefficient (Wildman–Crippen LogP) is 5.48. The summed E-state index contributed by atoms with van der Waals surface area (Å²) < 4.78 is 23.6. The molecule has 8 heteroatoms. The van der Waals surface area contributed by atoms with Crippen LogP contribution in [0, 0.1) is 0 Å². The van der Waals surface area contributed by atoms with Gasteiger partial charge in [0.25, 0.3) is 0 Å². The second-order valence-electron chi connectivity index (χ2n) is 12.1. The Bertz CT molecular complexity index is 1150. The summed E-state index contributed by atoms with van der Waals surface area (Å²) in [4.78, 5) is 15.3. The number of cyclic esters (lactones) is 1. The largest absolute Gasteiger partial charge is 0.505 e. The van der Waals surface area contributed by atoms with Crippen LogP contribution in [0.4, 0.5) is 4.79 Å². The van der Waals surface area contributed by atoms with Crippen molar-refractivity contribution < 1.29 is 28.7 Å². The Kier molecular flexibility index (Phi) is 8.22. The van der Waals surface area contributed by atoms with Gasteiger partial charge >= 0.3 is 13.2 Å². The highest BCUT2D eigenvalue weighted by Gasteiger charge is 2.52. The molecule has 0 bridgehead atoms. The third-order valence-corrected chi connectivity index (χ3v) is 8.44. The van der Waals surface area contributed by atoms with Gasteiger partial charge in [-0.15, -0.1) is 0 Å². The predicted molar refractivity (Wildman–Crippen MR) is 153 cm³/mol. The maximum Gasteiger partial charge on any atom is 0.494 e. The molecule has 1 amide bonds. The molecule has 2 aliphatic rings. The Balaban J connectivity index is 1.50. The van der Waals surface area contributed by atoms with Crippen molar-refractivity contribution in [3.8, 4) is 0 Å². The molecule has 0 aromatic heterocycles. The number of carbonyl (C=O) groups is 1. The lowest BCUT2D eigenvalue weighted by Crippen LogP contribution is -2.51. The molecule has 1 N–H and O–H groups in total. The van der Waals surface area contributed by atoms with Gasteiger partial charge in [-0.3, -0.25) is 0 Å². The first kappa shape index (κ1) is 29.2. The van der Waals surface area contributed by atoms with Gasteiger partial charge in [0.05, 0.1) is 36.2 Å². The molecule has 7 nitrogen and oxygen atoms in total. The molecule has 4 rings (SSSR count). The second kappa shape index (κ2) is 11.0. The minimum Gasteiger partial charge on any atom is -0.505 e. The van der Waals surface area contributed by atoms with E-state index in [2.05, 4.69) is 0 Å². The van der Waals surface area contributed by atoms with Crippen molar-refractivity contribution in [1.29, 1.82) is 0 Å². The van der Waals surface area contributed by atoms with Crippen LogP contribution < -0.4 is 5.46 Å². The highest BCUT2D eigenvalue weighted by atomic mass is 16.7. The van der Waals surface area contributed by atoms with Gasteiger partial charge in [-0.1, -0.05) is 54.6 Å². The van der Waals surface area contributed by atoms with Crippen LogP contribution in [0.15, 0.2) is 66.9 Å². The summed E-state index contributed by atoms with van der Waals surface area (Å²) in [6.07, 6.45) is 4.15. The minimum absolute atomic E-state index is 0.191. The summed E-state index contributed by atoms with van der Waals surface area (Å²) in [7, 11) is 1.14. The Morgan fingerprint density at radius 2 is 1.69 bits per heavy atom. The first-order valence-corrected chi connectivity index (χ1v) is 13.7. The summed E-state index contributed by atoms with van der Waals surface area (Å²) in [6, 6.07) is 17.6. The lowest BCUT2D eigenvalue weighted by Gasteiger charge is -2.46. The fourth-order valence-electron chi connectivity index (χ4n) is 5.37. The topological polar surface area (TPSA) is 77.5 Å². The molecule has 39 heavy (non-hydrogen) atoms. The van der Waals surface area contributed by atoms with E-state index >= 15 is 0 Å². The summed E-state index contributed by atoms with van der Waals surface area (Å²) in [5.74, 6) is 0. The zero-order valence-electron chi connectivity index (χ0n) is 24.3. The van der Waals surface area contributed by atoms with Crippen LogP contribution in [0.3, 0.4) is 0 Å². The van der Waals surface area contributed by atoms with Crippen molar-refractivity contribution >= 4 is 18.7 Å². The quantitative estimate of drug-likeness (QED) is 0.339. The molecule has 0 aliphatic carbocycles. The Hall–Kier alpha value is -2.81. The van der Waals surface area contributed by atoms with Crippen molar-refractivity contribution in [2.75, 3.05) is 13.7 Å². The van der Waals surface area contributed by atoms with E-state index in [0.717, 1.165) is 16.6 Å². The Morgan fingerprint density at radius 1 is 1.08 bits per heavy atom. The lowest BCUT2D eigenvalue weighted by molar-refractivity contribution is -0.105. The molecule has 0 saturated carbocycles. The standard InChI is InChI=1S/C31H42BNO6/c1-23(24-14-16-26(17-15-24)32-38-28(2,3)29(4,5)39-32)33-20-19-31(37-27(33)34,25-12-9-8-10-13-25)22-30(6,35)18-11-21-36-7/h8-17,21,23,35H,18-20,22H2,1-7H3/b21-11-/t23-,30?,31-/m0/s1. The maximum atomic E-state index is 13.5. The smallest absolute Gasteiger partial charge is 0.494 e. The zero-order valence-corrected chi connectivity index (χ0v) is 24.3. The number of nitrogens with zero attached hydrogens (tertiary/aromatic N) is 1. The third kappa shape index (κ3) is 6.18. The minimum atomic E-state index is -1.09. The molecule has 2 saturated heterocycles. The molecule has 1 unspecified atom stereocenters. The average molecular weight is 535 g/mol. The van der Waals surface area contributed by atoms with Crippen LogP contribution in [-0.4, -0.2) is 53.7 Å². The van der Waals surface area contributed by atoms with Crippen LogP contribution in [0.1, 0.15) is 78.0 Å². The molecular formula is C31H42BNO6. The van der Waals surface area contributed by atoms with Gasteiger partial charge in [-0.25, -0.2) is 4.79 Å². The van der Waals surface area contributed by atoms with E-state index in [-0.39, 0.29) is 12.5 Å². The van der Waals surface area contributed by atoms with Crippen LogP contribution >= 0.6 is 0 Å². The summed E-state index contributed by atoms with van der Waals surface area (Å²) in [5.41, 5.74) is -0.0147. The van der Waals surface area contributed by atoms with Crippen LogP contribution in [0.2, 0.25) is 0 Å². The molecule has 2 aliphatic heterocycles. The molecule has 210 valence electrons. The molecule has 0 spiro atoms. The van der Waals surface area contributed by atoms with E-state index in [1.807, 2.05) is 89.2 Å². The molecule has 2 aromatic rings. The van der Waals surface area contributed by atoms with E-state index in [9.17, 15) is 9.90 Å². The fraction of sp³-hybridized carbons (Fsp3) is 0.516. The summed E-state index contributed by atoms with van der Waals surface area (Å²) >= 11 is 0. The number of ether oxygens (including phenoxy) is 2. The van der Waals surface area contributed by atoms with Gasteiger partial charge < -0.3 is 28.8 Å². The molecule has 2 heterocycles. The fourth-order valence-corrected chi connectivity index (χ4v) is 5.37. The van der Waals surface area contributed by atoms with E-state index in [1.165, 1.54) is 0 Å². The monoisotopic (exact) mass is 535 g/mol. The molecule has 0 radical (unpaired) electrons. The third-order valence-electron chi connectivity index (χ3n) is 8.44. The van der Waals surface area contributed by atoms with Crippen LogP contribution in [0.25, 0.3) is 0 Å². The SMILES string of the molecule is CO/C=C\CC(C)(O)C[C@]1(c2ccccc2)CCN([C@@H](C)c2ccc(B3OC(C)(C)C(C)(C)O3)cc2)C(=O)O1. The summed E-state index contributed by atoms with van der Waals surface area (Å²) in [6.45, 7) is 12.4. The van der Waals surface area contributed by atoms with E-state index in [4.69, 9.17) is 18.8 Å². The van der Waals surface area contributed by atoms with E-state index in [0.29, 0.717) is 19.4 Å². The number of methoxy groups -OCH3 is 1. The molecule has 2 aromatic carbocycles. The van der Waals surface area contributed by atoms with Crippen molar-refractivity contribution in [2.24, 2.45) is 0 Å². The Labute approximate surface area is 233 Å². The number of rotatable bonds is 9. The van der Waals surface area contributed by atoms with Crippen molar-refractivity contribution in [2.45, 2.75) is 89.3 Å². The Morgan fingerprint density at radius 3 is 2.26 bits per heavy atom. The normalized spacial score (nSPS) is 24.9. The van der Waals surface area contributed by atoms with Crippen molar-refractivity contribution in [1.82, 2.24) is 4.90 Å². The van der Waals surface area contributed by atoms with Gasteiger partial charge in [0.1, 0.15) is 5.60 Å². The number of benzene rings is 2. The number of hydrogen-bond acceptors (Lipinski definition) is 6. The second-order valence-corrected chi connectivity index (χ2v) is 12.1. The highest BCUT2D eigenvalue weighted by molar-refractivity contribution is 6.62. The van der Waals surface area contributed by atoms with Gasteiger partial charge in [0.15, 0.2) is 0 Å². The van der Waals surface area contributed by atoms with Crippen LogP contribution in [-0.2, 0) is 24.4 Å². The molecule has 2 fully saturated rings. The first-order chi connectivity index (χ1) is 18.3. The van der Waals surface area contributed by atoms with Gasteiger partial charge in [-0.05, 0) is 70.6 Å². The van der Waals surface area contributed by atoms with E-state index < -0.39 is 35.6 Å². The average Bonchev–Trinajstić information content (AvgIpc) is 3.10. The van der Waals surface area contributed by atoms with Gasteiger partial charge in [0.2, 0.25) is 0 Å². The highest BCUT2D eigenvalue weighted by Crippen LogP contribution is 2.43. The zero-order chi connectivity index (χ0) is 28.5.